The Morgan fingerprint density at radius 3 is 2.56 bits per heavy atom. The van der Waals surface area contributed by atoms with Gasteiger partial charge in [-0.25, -0.2) is 0 Å². The van der Waals surface area contributed by atoms with Crippen LogP contribution in [0, 0.1) is 13.8 Å². The molecule has 0 atom stereocenters. The van der Waals surface area contributed by atoms with Gasteiger partial charge in [-0.15, -0.1) is 0 Å². The summed E-state index contributed by atoms with van der Waals surface area (Å²) in [6.45, 7) is 5.95. The minimum atomic E-state index is 0.140. The Bertz CT molecular complexity index is 613. The molecule has 0 radical (unpaired) electrons. The molecule has 0 amide bonds. The molecule has 16 heavy (non-hydrogen) atoms. The van der Waals surface area contributed by atoms with Crippen LogP contribution in [0.5, 0.6) is 0 Å². The van der Waals surface area contributed by atoms with Crippen molar-refractivity contribution in [1.82, 2.24) is 4.98 Å². The molecule has 0 fully saturated rings. The van der Waals surface area contributed by atoms with E-state index in [0.717, 1.165) is 38.6 Å². The second-order valence-corrected chi connectivity index (χ2v) is 4.86. The number of pyridine rings is 1. The van der Waals surface area contributed by atoms with Crippen LogP contribution in [0.2, 0.25) is 0 Å². The van der Waals surface area contributed by atoms with Crippen LogP contribution in [0.3, 0.4) is 0 Å². The molecule has 1 heterocycles. The largest absolute Gasteiger partial charge is 0.358 e. The molecule has 0 aliphatic carbocycles. The highest BCUT2D eigenvalue weighted by Crippen LogP contribution is 2.23. The third-order valence-corrected chi connectivity index (χ3v) is 3.93. The maximum atomic E-state index is 12.1. The summed E-state index contributed by atoms with van der Waals surface area (Å²) in [6, 6.07) is 3.80. The molecule has 0 unspecified atom stereocenters. The van der Waals surface area contributed by atoms with Crippen LogP contribution in [0.1, 0.15) is 23.7 Å². The highest BCUT2D eigenvalue weighted by Gasteiger charge is 2.09. The van der Waals surface area contributed by atoms with Crippen molar-refractivity contribution in [3.63, 3.8) is 0 Å². The van der Waals surface area contributed by atoms with E-state index in [-0.39, 0.29) is 5.43 Å². The lowest BCUT2D eigenvalue weighted by molar-refractivity contribution is 1.02. The highest BCUT2D eigenvalue weighted by atomic mass is 79.9. The van der Waals surface area contributed by atoms with E-state index in [1.54, 1.807) is 0 Å². The molecule has 2 nitrogen and oxygen atoms in total. The van der Waals surface area contributed by atoms with Gasteiger partial charge in [-0.3, -0.25) is 4.79 Å². The zero-order chi connectivity index (χ0) is 11.9. The second kappa shape index (κ2) is 4.06. The molecule has 0 bridgehead atoms. The van der Waals surface area contributed by atoms with Gasteiger partial charge in [-0.05, 0) is 38.0 Å². The van der Waals surface area contributed by atoms with Crippen LogP contribution in [0.4, 0.5) is 0 Å². The third-order valence-electron chi connectivity index (χ3n) is 3.07. The van der Waals surface area contributed by atoms with Crippen LogP contribution < -0.4 is 5.43 Å². The number of nitrogens with one attached hydrogen (secondary N) is 1. The van der Waals surface area contributed by atoms with Crippen LogP contribution >= 0.6 is 15.9 Å². The van der Waals surface area contributed by atoms with Crippen molar-refractivity contribution in [3.05, 3.63) is 43.6 Å². The van der Waals surface area contributed by atoms with Gasteiger partial charge in [0.1, 0.15) is 0 Å². The van der Waals surface area contributed by atoms with Gasteiger partial charge in [0, 0.05) is 21.1 Å². The molecular weight excluding hydrogens is 266 g/mol. The normalized spacial score (nSPS) is 11.0. The van der Waals surface area contributed by atoms with Crippen molar-refractivity contribution in [3.8, 4) is 0 Å². The van der Waals surface area contributed by atoms with Crippen LogP contribution in [-0.2, 0) is 6.42 Å². The van der Waals surface area contributed by atoms with Crippen molar-refractivity contribution in [2.45, 2.75) is 27.2 Å². The van der Waals surface area contributed by atoms with Gasteiger partial charge >= 0.3 is 0 Å². The number of H-pyrrole nitrogens is 1. The van der Waals surface area contributed by atoms with Gasteiger partial charge < -0.3 is 4.98 Å². The molecule has 1 aromatic heterocycles. The third kappa shape index (κ3) is 1.59. The maximum Gasteiger partial charge on any atom is 0.192 e. The van der Waals surface area contributed by atoms with Gasteiger partial charge in [0.05, 0.1) is 5.52 Å². The first kappa shape index (κ1) is 11.4. The quantitative estimate of drug-likeness (QED) is 0.852. The summed E-state index contributed by atoms with van der Waals surface area (Å²) in [5.74, 6) is 0. The highest BCUT2D eigenvalue weighted by molar-refractivity contribution is 9.10. The maximum absolute atomic E-state index is 12.1. The van der Waals surface area contributed by atoms with Gasteiger partial charge in [0.2, 0.25) is 0 Å². The first-order valence-electron chi connectivity index (χ1n) is 5.36. The van der Waals surface area contributed by atoms with Crippen LogP contribution in [0.15, 0.2) is 21.4 Å². The van der Waals surface area contributed by atoms with Gasteiger partial charge in [0.25, 0.3) is 0 Å². The fraction of sp³-hybridized carbons (Fsp3) is 0.308. The summed E-state index contributed by atoms with van der Waals surface area (Å²) >= 11 is 3.48. The van der Waals surface area contributed by atoms with Crippen molar-refractivity contribution in [1.29, 1.82) is 0 Å². The van der Waals surface area contributed by atoms with E-state index in [9.17, 15) is 4.79 Å². The lowest BCUT2D eigenvalue weighted by Gasteiger charge is -2.09. The summed E-state index contributed by atoms with van der Waals surface area (Å²) < 4.78 is 1.03. The molecule has 0 aliphatic heterocycles. The van der Waals surface area contributed by atoms with E-state index >= 15 is 0 Å². The average Bonchev–Trinajstić information content (AvgIpc) is 2.28. The molecule has 0 saturated heterocycles. The minimum absolute atomic E-state index is 0.140. The molecule has 2 rings (SSSR count). The van der Waals surface area contributed by atoms with E-state index < -0.39 is 0 Å². The smallest absolute Gasteiger partial charge is 0.192 e. The summed E-state index contributed by atoms with van der Waals surface area (Å²) in [5.41, 5.74) is 4.03. The molecule has 84 valence electrons. The fourth-order valence-corrected chi connectivity index (χ4v) is 2.30. The van der Waals surface area contributed by atoms with Crippen LogP contribution in [-0.4, -0.2) is 4.98 Å². The van der Waals surface area contributed by atoms with E-state index in [0.29, 0.717) is 0 Å². The summed E-state index contributed by atoms with van der Waals surface area (Å²) in [4.78, 5) is 15.5. The van der Waals surface area contributed by atoms with E-state index in [2.05, 4.69) is 27.8 Å². The molecule has 1 aromatic carbocycles. The molecule has 3 heteroatoms. The number of aryl methyl sites for hydroxylation is 2. The Morgan fingerprint density at radius 2 is 1.94 bits per heavy atom. The van der Waals surface area contributed by atoms with Crippen molar-refractivity contribution < 1.29 is 0 Å². The number of aromatic nitrogens is 1. The lowest BCUT2D eigenvalue weighted by Crippen LogP contribution is -2.11. The number of benzene rings is 1. The Labute approximate surface area is 103 Å². The molecule has 0 spiro atoms. The molecule has 1 N–H and O–H groups in total. The number of hydrogen-bond acceptors (Lipinski definition) is 1. The zero-order valence-corrected chi connectivity index (χ0v) is 11.2. The zero-order valence-electron chi connectivity index (χ0n) is 9.65. The van der Waals surface area contributed by atoms with Gasteiger partial charge in [0.15, 0.2) is 5.43 Å². The fourth-order valence-electron chi connectivity index (χ4n) is 1.97. The molecule has 0 aliphatic rings. The van der Waals surface area contributed by atoms with E-state index in [1.807, 2.05) is 26.0 Å². The topological polar surface area (TPSA) is 32.9 Å². The van der Waals surface area contributed by atoms with Crippen molar-refractivity contribution in [2.24, 2.45) is 0 Å². The Morgan fingerprint density at radius 1 is 1.25 bits per heavy atom. The standard InChI is InChI=1S/C13H14BrNO/c1-4-11-8(3)13(16)9-5-6-10(14)7(2)12(9)15-11/h5-6H,4H2,1-3H3,(H,15,16). The number of rotatable bonds is 1. The van der Waals surface area contributed by atoms with E-state index in [4.69, 9.17) is 0 Å². The first-order valence-corrected chi connectivity index (χ1v) is 6.16. The number of fused-ring (bicyclic) bond motifs is 1. The summed E-state index contributed by atoms with van der Waals surface area (Å²) in [5, 5.41) is 0.774. The van der Waals surface area contributed by atoms with Gasteiger partial charge in [-0.1, -0.05) is 22.9 Å². The average molecular weight is 280 g/mol. The van der Waals surface area contributed by atoms with Crippen LogP contribution in [0.25, 0.3) is 10.9 Å². The number of aromatic amines is 1. The predicted octanol–water partition coefficient (Wildman–Crippen LogP) is 3.47. The Hall–Kier alpha value is -1.09. The predicted molar refractivity (Wildman–Crippen MR) is 71.1 cm³/mol. The summed E-state index contributed by atoms with van der Waals surface area (Å²) in [6.07, 6.45) is 0.850. The Balaban J connectivity index is 2.99. The molecule has 0 saturated carbocycles. The monoisotopic (exact) mass is 279 g/mol. The number of halogens is 1. The summed E-state index contributed by atoms with van der Waals surface area (Å²) in [7, 11) is 0. The Kier molecular flexibility index (Phi) is 2.89. The lowest BCUT2D eigenvalue weighted by atomic mass is 10.1. The SMILES string of the molecule is CCc1[nH]c2c(C)c(Br)ccc2c(=O)c1C. The second-order valence-electron chi connectivity index (χ2n) is 4.01. The van der Waals surface area contributed by atoms with Crippen molar-refractivity contribution >= 4 is 26.8 Å². The van der Waals surface area contributed by atoms with Gasteiger partial charge in [-0.2, -0.15) is 0 Å². The van der Waals surface area contributed by atoms with E-state index in [1.165, 1.54) is 0 Å². The molecular formula is C13H14BrNO. The van der Waals surface area contributed by atoms with Crippen molar-refractivity contribution in [2.75, 3.05) is 0 Å². The first-order chi connectivity index (χ1) is 7.56. The minimum Gasteiger partial charge on any atom is -0.358 e. The number of hydrogen-bond donors (Lipinski definition) is 1. The molecule has 2 aromatic rings.